The average molecular weight is 275 g/mol. The minimum absolute atomic E-state index is 0.0937. The number of benzene rings is 1. The second-order valence-electron chi connectivity index (χ2n) is 5.04. The Kier molecular flexibility index (Phi) is 4.39. The average Bonchev–Trinajstić information content (AvgIpc) is 2.45. The fourth-order valence-electron chi connectivity index (χ4n) is 2.61. The lowest BCUT2D eigenvalue weighted by molar-refractivity contribution is -0.132. The van der Waals surface area contributed by atoms with Crippen molar-refractivity contribution in [3.05, 3.63) is 29.8 Å². The van der Waals surface area contributed by atoms with Gasteiger partial charge in [-0.1, -0.05) is 32.0 Å². The molecule has 1 aliphatic rings. The van der Waals surface area contributed by atoms with Crippen LogP contribution in [0.4, 0.5) is 5.69 Å². The molecule has 1 aromatic rings. The Labute approximate surface area is 119 Å². The summed E-state index contributed by atoms with van der Waals surface area (Å²) in [4.78, 5) is 25.5. The molecule has 2 amide bonds. The minimum atomic E-state index is -0.321. The third-order valence-corrected chi connectivity index (χ3v) is 3.73. The van der Waals surface area contributed by atoms with Gasteiger partial charge in [0.2, 0.25) is 11.8 Å². The molecule has 1 saturated heterocycles. The number of carbonyl (C=O) groups is 2. The zero-order chi connectivity index (χ0) is 14.7. The van der Waals surface area contributed by atoms with E-state index in [1.807, 2.05) is 43.0 Å². The van der Waals surface area contributed by atoms with Crippen molar-refractivity contribution in [1.29, 1.82) is 0 Å². The molecule has 2 atom stereocenters. The molecular formula is C15H21N3O2. The molecule has 1 aliphatic heterocycles. The van der Waals surface area contributed by atoms with E-state index in [0.717, 1.165) is 17.7 Å². The van der Waals surface area contributed by atoms with Crippen LogP contribution in [0.15, 0.2) is 24.3 Å². The van der Waals surface area contributed by atoms with Gasteiger partial charge in [-0.05, 0) is 24.5 Å². The number of piperazine rings is 1. The molecule has 108 valence electrons. The van der Waals surface area contributed by atoms with Crippen molar-refractivity contribution in [3.8, 4) is 0 Å². The number of imide groups is 1. The monoisotopic (exact) mass is 275 g/mol. The molecule has 5 heteroatoms. The molecule has 0 saturated carbocycles. The molecule has 20 heavy (non-hydrogen) atoms. The number of amides is 2. The summed E-state index contributed by atoms with van der Waals surface area (Å²) in [5, 5.41) is 2.39. The largest absolute Gasteiger partial charge is 0.350 e. The van der Waals surface area contributed by atoms with Crippen LogP contribution in [-0.2, 0) is 9.59 Å². The summed E-state index contributed by atoms with van der Waals surface area (Å²) in [6, 6.07) is 7.32. The predicted octanol–water partition coefficient (Wildman–Crippen LogP) is 1.34. The van der Waals surface area contributed by atoms with Gasteiger partial charge in [0.15, 0.2) is 0 Å². The number of hydrogen-bond acceptors (Lipinski definition) is 4. The van der Waals surface area contributed by atoms with Gasteiger partial charge in [-0.2, -0.15) is 0 Å². The van der Waals surface area contributed by atoms with Crippen molar-refractivity contribution in [1.82, 2.24) is 5.32 Å². The first-order valence-electron chi connectivity index (χ1n) is 7.03. The quantitative estimate of drug-likeness (QED) is 0.813. The summed E-state index contributed by atoms with van der Waals surface area (Å²) >= 11 is 0. The standard InChI is InChI=1S/C15H21N3O2/c1-3-11(16)10-7-5-6-8-13(10)18-9-14(19)17-15(20)12(18)4-2/h5-8,11-12H,3-4,9,16H2,1-2H3,(H,17,19,20)/t11-,12?/m1/s1. The SMILES string of the molecule is CCC1C(=O)NC(=O)CN1c1ccccc1[C@H](N)CC. The Morgan fingerprint density at radius 1 is 1.35 bits per heavy atom. The summed E-state index contributed by atoms with van der Waals surface area (Å²) < 4.78 is 0. The molecule has 2 rings (SSSR count). The molecule has 1 heterocycles. The Hall–Kier alpha value is -1.88. The van der Waals surface area contributed by atoms with Gasteiger partial charge < -0.3 is 10.6 Å². The van der Waals surface area contributed by atoms with E-state index in [-0.39, 0.29) is 30.4 Å². The fraction of sp³-hybridized carbons (Fsp3) is 0.467. The van der Waals surface area contributed by atoms with Crippen molar-refractivity contribution >= 4 is 17.5 Å². The van der Waals surface area contributed by atoms with Gasteiger partial charge in [0.05, 0.1) is 6.54 Å². The summed E-state index contributed by atoms with van der Waals surface area (Å²) in [5.74, 6) is -0.497. The number of carbonyl (C=O) groups excluding carboxylic acids is 2. The van der Waals surface area contributed by atoms with E-state index in [9.17, 15) is 9.59 Å². The van der Waals surface area contributed by atoms with Crippen LogP contribution in [0.3, 0.4) is 0 Å². The van der Waals surface area contributed by atoms with Crippen LogP contribution in [0.25, 0.3) is 0 Å². The minimum Gasteiger partial charge on any atom is -0.350 e. The van der Waals surface area contributed by atoms with Gasteiger partial charge in [0.1, 0.15) is 6.04 Å². The van der Waals surface area contributed by atoms with Gasteiger partial charge in [0.25, 0.3) is 0 Å². The normalized spacial score (nSPS) is 20.8. The Morgan fingerprint density at radius 2 is 2.05 bits per heavy atom. The van der Waals surface area contributed by atoms with Crippen LogP contribution in [0, 0.1) is 0 Å². The molecule has 1 unspecified atom stereocenters. The molecule has 0 spiro atoms. The number of nitrogens with one attached hydrogen (secondary N) is 1. The summed E-state index contributed by atoms with van der Waals surface area (Å²) in [7, 11) is 0. The zero-order valence-electron chi connectivity index (χ0n) is 11.9. The van der Waals surface area contributed by atoms with Gasteiger partial charge in [-0.3, -0.25) is 14.9 Å². The summed E-state index contributed by atoms with van der Waals surface area (Å²) in [6.07, 6.45) is 1.45. The van der Waals surface area contributed by atoms with E-state index in [1.54, 1.807) is 0 Å². The molecule has 5 nitrogen and oxygen atoms in total. The molecule has 1 aromatic carbocycles. The predicted molar refractivity (Wildman–Crippen MR) is 78.2 cm³/mol. The highest BCUT2D eigenvalue weighted by atomic mass is 16.2. The van der Waals surface area contributed by atoms with Crippen LogP contribution in [0.5, 0.6) is 0 Å². The van der Waals surface area contributed by atoms with Crippen LogP contribution in [0.1, 0.15) is 38.3 Å². The highest BCUT2D eigenvalue weighted by Gasteiger charge is 2.33. The lowest BCUT2D eigenvalue weighted by atomic mass is 9.99. The van der Waals surface area contributed by atoms with E-state index in [0.29, 0.717) is 6.42 Å². The number of hydrogen-bond donors (Lipinski definition) is 2. The maximum Gasteiger partial charge on any atom is 0.249 e. The highest BCUT2D eigenvalue weighted by Crippen LogP contribution is 2.29. The first-order chi connectivity index (χ1) is 9.58. The van der Waals surface area contributed by atoms with Crippen LogP contribution in [0.2, 0.25) is 0 Å². The Morgan fingerprint density at radius 3 is 2.70 bits per heavy atom. The molecule has 0 radical (unpaired) electrons. The van der Waals surface area contributed by atoms with Gasteiger partial charge in [-0.15, -0.1) is 0 Å². The number of anilines is 1. The Bertz CT molecular complexity index is 516. The molecule has 1 fully saturated rings. The third kappa shape index (κ3) is 2.67. The summed E-state index contributed by atoms with van der Waals surface area (Å²) in [6.45, 7) is 4.15. The maximum absolute atomic E-state index is 12.0. The highest BCUT2D eigenvalue weighted by molar-refractivity contribution is 6.04. The van der Waals surface area contributed by atoms with E-state index < -0.39 is 0 Å². The van der Waals surface area contributed by atoms with Crippen LogP contribution < -0.4 is 16.0 Å². The number of nitrogens with two attached hydrogens (primary N) is 1. The molecular weight excluding hydrogens is 254 g/mol. The lowest BCUT2D eigenvalue weighted by Crippen LogP contribution is -2.58. The fourth-order valence-corrected chi connectivity index (χ4v) is 2.61. The van der Waals surface area contributed by atoms with Gasteiger partial charge >= 0.3 is 0 Å². The van der Waals surface area contributed by atoms with Crippen molar-refractivity contribution in [3.63, 3.8) is 0 Å². The third-order valence-electron chi connectivity index (χ3n) is 3.73. The molecule has 3 N–H and O–H groups in total. The molecule has 0 bridgehead atoms. The maximum atomic E-state index is 12.0. The second-order valence-corrected chi connectivity index (χ2v) is 5.04. The first kappa shape index (κ1) is 14.5. The number of para-hydroxylation sites is 1. The summed E-state index contributed by atoms with van der Waals surface area (Å²) in [5.41, 5.74) is 8.01. The van der Waals surface area contributed by atoms with Crippen LogP contribution in [-0.4, -0.2) is 24.4 Å². The molecule has 0 aromatic heterocycles. The molecule has 0 aliphatic carbocycles. The van der Waals surface area contributed by atoms with E-state index in [4.69, 9.17) is 5.73 Å². The van der Waals surface area contributed by atoms with Crippen molar-refractivity contribution in [2.45, 2.75) is 38.8 Å². The van der Waals surface area contributed by atoms with E-state index in [2.05, 4.69) is 5.32 Å². The van der Waals surface area contributed by atoms with Crippen molar-refractivity contribution in [2.75, 3.05) is 11.4 Å². The zero-order valence-corrected chi connectivity index (χ0v) is 11.9. The first-order valence-corrected chi connectivity index (χ1v) is 7.03. The van der Waals surface area contributed by atoms with Gasteiger partial charge in [-0.25, -0.2) is 0 Å². The number of rotatable bonds is 4. The van der Waals surface area contributed by atoms with E-state index >= 15 is 0 Å². The number of nitrogens with zero attached hydrogens (tertiary/aromatic N) is 1. The van der Waals surface area contributed by atoms with E-state index in [1.165, 1.54) is 0 Å². The van der Waals surface area contributed by atoms with Crippen molar-refractivity contribution < 1.29 is 9.59 Å². The van der Waals surface area contributed by atoms with Crippen LogP contribution >= 0.6 is 0 Å². The van der Waals surface area contributed by atoms with Crippen molar-refractivity contribution in [2.24, 2.45) is 5.73 Å². The lowest BCUT2D eigenvalue weighted by Gasteiger charge is -2.37. The Balaban J connectivity index is 2.42. The smallest absolute Gasteiger partial charge is 0.249 e. The van der Waals surface area contributed by atoms with Gasteiger partial charge in [0, 0.05) is 11.7 Å². The second kappa shape index (κ2) is 6.05. The topological polar surface area (TPSA) is 75.4 Å².